The van der Waals surface area contributed by atoms with Gasteiger partial charge in [0.2, 0.25) is 0 Å². The van der Waals surface area contributed by atoms with E-state index in [1.807, 2.05) is 13.8 Å². The zero-order valence-electron chi connectivity index (χ0n) is 14.0. The molecule has 0 heterocycles. The summed E-state index contributed by atoms with van der Waals surface area (Å²) in [5.41, 5.74) is 5.01. The maximum Gasteiger partial charge on any atom is 0.404 e. The van der Waals surface area contributed by atoms with Crippen LogP contribution in [0.2, 0.25) is 0 Å². The smallest absolute Gasteiger partial charge is 0.404 e. The molecule has 0 unspecified atom stereocenters. The summed E-state index contributed by atoms with van der Waals surface area (Å²) in [5.74, 6) is 0.328. The van der Waals surface area contributed by atoms with Gasteiger partial charge >= 0.3 is 12.1 Å². The van der Waals surface area contributed by atoms with Gasteiger partial charge < -0.3 is 15.2 Å². The molecule has 2 N–H and O–H groups in total. The highest BCUT2D eigenvalue weighted by atomic mass is 16.6. The summed E-state index contributed by atoms with van der Waals surface area (Å²) < 4.78 is 10.5. The van der Waals surface area contributed by atoms with Crippen LogP contribution in [0.5, 0.6) is 0 Å². The Morgan fingerprint density at radius 3 is 2.32 bits per heavy atom. The number of esters is 1. The molecule has 1 aliphatic rings. The molecule has 0 bridgehead atoms. The zero-order chi connectivity index (χ0) is 16.8. The molecule has 5 heteroatoms. The number of ether oxygens (including phenoxy) is 2. The Kier molecular flexibility index (Phi) is 6.91. The quantitative estimate of drug-likeness (QED) is 0.574. The number of nitrogens with two attached hydrogens (primary N) is 1. The second-order valence-corrected chi connectivity index (χ2v) is 6.90. The van der Waals surface area contributed by atoms with Gasteiger partial charge in [-0.3, -0.25) is 0 Å². The molecular weight excluding hydrogens is 282 g/mol. The lowest BCUT2D eigenvalue weighted by atomic mass is 9.83. The maximum absolute atomic E-state index is 11.6. The SMILES string of the molecule is C=C(C)C(=O)OC(C)(C)CCCC1CCC(OC(N)=O)CC1. The normalized spacial score (nSPS) is 22.0. The van der Waals surface area contributed by atoms with E-state index in [4.69, 9.17) is 15.2 Å². The van der Waals surface area contributed by atoms with Crippen LogP contribution in [-0.2, 0) is 14.3 Å². The van der Waals surface area contributed by atoms with Crippen molar-refractivity contribution in [2.75, 3.05) is 0 Å². The Balaban J connectivity index is 2.23. The van der Waals surface area contributed by atoms with Gasteiger partial charge in [0.1, 0.15) is 11.7 Å². The van der Waals surface area contributed by atoms with Crippen molar-refractivity contribution in [3.8, 4) is 0 Å². The van der Waals surface area contributed by atoms with Crippen LogP contribution in [0.4, 0.5) is 4.79 Å². The first-order valence-corrected chi connectivity index (χ1v) is 8.04. The molecule has 0 aromatic rings. The fourth-order valence-corrected chi connectivity index (χ4v) is 2.91. The average molecular weight is 311 g/mol. The molecule has 0 aromatic heterocycles. The van der Waals surface area contributed by atoms with Crippen molar-refractivity contribution in [3.63, 3.8) is 0 Å². The fourth-order valence-electron chi connectivity index (χ4n) is 2.91. The number of rotatable bonds is 7. The number of carbonyl (C=O) groups is 2. The first-order chi connectivity index (χ1) is 10.2. The van der Waals surface area contributed by atoms with Crippen LogP contribution in [0.25, 0.3) is 0 Å². The first-order valence-electron chi connectivity index (χ1n) is 8.04. The van der Waals surface area contributed by atoms with E-state index in [0.717, 1.165) is 44.9 Å². The first kappa shape index (κ1) is 18.5. The predicted molar refractivity (Wildman–Crippen MR) is 85.3 cm³/mol. The van der Waals surface area contributed by atoms with Gasteiger partial charge in [0.15, 0.2) is 0 Å². The molecule has 0 atom stereocenters. The molecule has 0 saturated heterocycles. The summed E-state index contributed by atoms with van der Waals surface area (Å²) in [6.07, 6.45) is 6.17. The largest absolute Gasteiger partial charge is 0.456 e. The van der Waals surface area contributed by atoms with Gasteiger partial charge in [0, 0.05) is 5.57 Å². The second-order valence-electron chi connectivity index (χ2n) is 6.90. The van der Waals surface area contributed by atoms with E-state index in [9.17, 15) is 9.59 Å². The molecule has 1 rings (SSSR count). The van der Waals surface area contributed by atoms with Gasteiger partial charge in [-0.25, -0.2) is 9.59 Å². The third-order valence-electron chi connectivity index (χ3n) is 4.19. The molecule has 0 radical (unpaired) electrons. The van der Waals surface area contributed by atoms with Crippen molar-refractivity contribution in [1.29, 1.82) is 0 Å². The van der Waals surface area contributed by atoms with E-state index in [0.29, 0.717) is 11.5 Å². The van der Waals surface area contributed by atoms with Gasteiger partial charge in [0.05, 0.1) is 0 Å². The van der Waals surface area contributed by atoms with E-state index in [-0.39, 0.29) is 12.1 Å². The summed E-state index contributed by atoms with van der Waals surface area (Å²) in [7, 11) is 0. The van der Waals surface area contributed by atoms with Gasteiger partial charge in [-0.05, 0) is 65.2 Å². The highest BCUT2D eigenvalue weighted by molar-refractivity contribution is 5.87. The summed E-state index contributed by atoms with van der Waals surface area (Å²) in [6, 6.07) is 0. The van der Waals surface area contributed by atoms with Crippen LogP contribution in [0.15, 0.2) is 12.2 Å². The number of hydrogen-bond acceptors (Lipinski definition) is 4. The summed E-state index contributed by atoms with van der Waals surface area (Å²) in [4.78, 5) is 22.3. The molecule has 0 aliphatic heterocycles. The molecule has 22 heavy (non-hydrogen) atoms. The minimum Gasteiger partial charge on any atom is -0.456 e. The number of hydrogen-bond donors (Lipinski definition) is 1. The van der Waals surface area contributed by atoms with Crippen LogP contribution in [-0.4, -0.2) is 23.8 Å². The van der Waals surface area contributed by atoms with E-state index in [1.54, 1.807) is 6.92 Å². The van der Waals surface area contributed by atoms with Crippen LogP contribution >= 0.6 is 0 Å². The Labute approximate surface area is 133 Å². The molecule has 1 saturated carbocycles. The lowest BCUT2D eigenvalue weighted by Crippen LogP contribution is -2.29. The molecule has 0 spiro atoms. The highest BCUT2D eigenvalue weighted by Crippen LogP contribution is 2.31. The molecule has 1 fully saturated rings. The molecular formula is C17H29NO4. The topological polar surface area (TPSA) is 78.6 Å². The van der Waals surface area contributed by atoms with Crippen molar-refractivity contribution in [2.24, 2.45) is 11.7 Å². The maximum atomic E-state index is 11.6. The zero-order valence-corrected chi connectivity index (χ0v) is 14.0. The van der Waals surface area contributed by atoms with E-state index >= 15 is 0 Å². The van der Waals surface area contributed by atoms with Crippen LogP contribution in [0.1, 0.15) is 65.7 Å². The van der Waals surface area contributed by atoms with Crippen molar-refractivity contribution < 1.29 is 19.1 Å². The fraction of sp³-hybridized carbons (Fsp3) is 0.765. The Morgan fingerprint density at radius 2 is 1.82 bits per heavy atom. The number of primary amides is 1. The Bertz CT molecular complexity index is 409. The third kappa shape index (κ3) is 6.96. The van der Waals surface area contributed by atoms with Gasteiger partial charge in [0.25, 0.3) is 0 Å². The molecule has 126 valence electrons. The number of carbonyl (C=O) groups excluding carboxylic acids is 2. The van der Waals surface area contributed by atoms with Crippen LogP contribution in [0, 0.1) is 5.92 Å². The average Bonchev–Trinajstić information content (AvgIpc) is 2.39. The van der Waals surface area contributed by atoms with Gasteiger partial charge in [-0.2, -0.15) is 0 Å². The van der Waals surface area contributed by atoms with Crippen molar-refractivity contribution in [2.45, 2.75) is 77.4 Å². The Morgan fingerprint density at radius 1 is 1.23 bits per heavy atom. The lowest BCUT2D eigenvalue weighted by Gasteiger charge is -2.29. The lowest BCUT2D eigenvalue weighted by molar-refractivity contribution is -0.152. The minimum atomic E-state index is -0.676. The standard InChI is InChI=1S/C17H29NO4/c1-12(2)15(19)22-17(3,4)11-5-6-13-7-9-14(10-8-13)21-16(18)20/h13-14H,1,5-11H2,2-4H3,(H2,18,20). The molecule has 0 aromatic carbocycles. The van der Waals surface area contributed by atoms with E-state index in [2.05, 4.69) is 6.58 Å². The third-order valence-corrected chi connectivity index (χ3v) is 4.19. The van der Waals surface area contributed by atoms with Crippen LogP contribution < -0.4 is 5.73 Å². The molecule has 5 nitrogen and oxygen atoms in total. The van der Waals surface area contributed by atoms with Gasteiger partial charge in [-0.1, -0.05) is 13.0 Å². The Hall–Kier alpha value is -1.52. The van der Waals surface area contributed by atoms with Crippen molar-refractivity contribution in [1.82, 2.24) is 0 Å². The number of amides is 1. The van der Waals surface area contributed by atoms with Crippen LogP contribution in [0.3, 0.4) is 0 Å². The second kappa shape index (κ2) is 8.20. The van der Waals surface area contributed by atoms with E-state index in [1.165, 1.54) is 0 Å². The van der Waals surface area contributed by atoms with Crippen molar-refractivity contribution >= 4 is 12.1 Å². The minimum absolute atomic E-state index is 0.0123. The molecule has 1 aliphatic carbocycles. The monoisotopic (exact) mass is 311 g/mol. The summed E-state index contributed by atoms with van der Waals surface area (Å²) in [5, 5.41) is 0. The van der Waals surface area contributed by atoms with Crippen molar-refractivity contribution in [3.05, 3.63) is 12.2 Å². The predicted octanol–water partition coefficient (Wildman–Crippen LogP) is 3.71. The summed E-state index contributed by atoms with van der Waals surface area (Å²) >= 11 is 0. The van der Waals surface area contributed by atoms with Gasteiger partial charge in [-0.15, -0.1) is 0 Å². The molecule has 1 amide bonds. The highest BCUT2D eigenvalue weighted by Gasteiger charge is 2.26. The summed E-state index contributed by atoms with van der Waals surface area (Å²) in [6.45, 7) is 9.13. The van der Waals surface area contributed by atoms with E-state index < -0.39 is 11.7 Å².